The summed E-state index contributed by atoms with van der Waals surface area (Å²) in [6, 6.07) is 0. The van der Waals surface area contributed by atoms with Crippen molar-refractivity contribution in [1.82, 2.24) is 0 Å². The predicted molar refractivity (Wildman–Crippen MR) is 63.3 cm³/mol. The summed E-state index contributed by atoms with van der Waals surface area (Å²) < 4.78 is 4.87. The van der Waals surface area contributed by atoms with E-state index in [2.05, 4.69) is 6.92 Å². The summed E-state index contributed by atoms with van der Waals surface area (Å²) in [5.41, 5.74) is 0. The Hall–Kier alpha value is -0.530. The van der Waals surface area contributed by atoms with E-state index < -0.39 is 0 Å². The Morgan fingerprint density at radius 1 is 1.00 bits per heavy atom. The number of hydrogen-bond acceptors (Lipinski definition) is 2. The van der Waals surface area contributed by atoms with Gasteiger partial charge >= 0.3 is 5.97 Å². The molecular weight excluding hydrogens is 188 g/mol. The number of carbonyl (C=O) groups is 1. The Morgan fingerprint density at radius 3 is 2.20 bits per heavy atom. The minimum atomic E-state index is -0.0783. The fourth-order valence-electron chi connectivity index (χ4n) is 1.46. The Kier molecular flexibility index (Phi) is 11.1. The highest BCUT2D eigenvalue weighted by atomic mass is 16.5. The molecule has 0 amide bonds. The number of ether oxygens (including phenoxy) is 1. The fraction of sp³-hybridized carbons (Fsp3) is 0.846. The van der Waals surface area contributed by atoms with Crippen molar-refractivity contribution in [3.05, 3.63) is 6.61 Å². The van der Waals surface area contributed by atoms with Gasteiger partial charge in [0, 0.05) is 6.42 Å². The Balaban J connectivity index is 3.06. The van der Waals surface area contributed by atoms with Crippen LogP contribution >= 0.6 is 0 Å². The van der Waals surface area contributed by atoms with E-state index in [1.807, 2.05) is 6.92 Å². The van der Waals surface area contributed by atoms with Crippen LogP contribution in [-0.2, 0) is 9.53 Å². The molecule has 0 bridgehead atoms. The van der Waals surface area contributed by atoms with Crippen molar-refractivity contribution in [3.8, 4) is 0 Å². The van der Waals surface area contributed by atoms with E-state index >= 15 is 0 Å². The Morgan fingerprint density at radius 2 is 1.60 bits per heavy atom. The molecule has 0 fully saturated rings. The molecule has 15 heavy (non-hydrogen) atoms. The molecule has 0 aliphatic rings. The van der Waals surface area contributed by atoms with Crippen molar-refractivity contribution in [1.29, 1.82) is 0 Å². The van der Waals surface area contributed by atoms with Crippen LogP contribution < -0.4 is 0 Å². The van der Waals surface area contributed by atoms with E-state index in [1.54, 1.807) is 6.61 Å². The summed E-state index contributed by atoms with van der Waals surface area (Å²) in [5, 5.41) is 0. The molecule has 0 rings (SSSR count). The maximum atomic E-state index is 11.1. The maximum absolute atomic E-state index is 11.1. The molecule has 89 valence electrons. The number of rotatable bonds is 10. The first-order valence-electron chi connectivity index (χ1n) is 6.32. The van der Waals surface area contributed by atoms with E-state index in [9.17, 15) is 4.79 Å². The van der Waals surface area contributed by atoms with Gasteiger partial charge < -0.3 is 4.74 Å². The van der Waals surface area contributed by atoms with Gasteiger partial charge in [0.1, 0.15) is 6.61 Å². The van der Waals surface area contributed by atoms with Crippen molar-refractivity contribution < 1.29 is 9.53 Å². The topological polar surface area (TPSA) is 26.3 Å². The van der Waals surface area contributed by atoms with Crippen molar-refractivity contribution >= 4 is 5.97 Å². The van der Waals surface area contributed by atoms with Crippen LogP contribution in [0.2, 0.25) is 0 Å². The summed E-state index contributed by atoms with van der Waals surface area (Å²) in [6.45, 7) is 5.75. The largest absolute Gasteiger partial charge is 0.458 e. The minimum absolute atomic E-state index is 0.0783. The standard InChI is InChI=1S/C13H25O2/c1-3-5-6-7-8-9-10-11-13(14)15-12-4-2/h12H,3-11H2,1-2H3. The normalized spacial score (nSPS) is 10.3. The lowest BCUT2D eigenvalue weighted by molar-refractivity contribution is -0.140. The van der Waals surface area contributed by atoms with E-state index in [0.29, 0.717) is 6.42 Å². The third-order valence-corrected chi connectivity index (χ3v) is 2.37. The van der Waals surface area contributed by atoms with Gasteiger partial charge in [0.25, 0.3) is 0 Å². The second-order valence-corrected chi connectivity index (χ2v) is 3.94. The van der Waals surface area contributed by atoms with Gasteiger partial charge in [-0.05, 0) is 12.8 Å². The van der Waals surface area contributed by atoms with Crippen molar-refractivity contribution in [3.63, 3.8) is 0 Å². The molecule has 0 aromatic carbocycles. The van der Waals surface area contributed by atoms with E-state index in [0.717, 1.165) is 19.3 Å². The summed E-state index contributed by atoms with van der Waals surface area (Å²) in [6.07, 6.45) is 10.0. The van der Waals surface area contributed by atoms with Crippen molar-refractivity contribution in [2.45, 2.75) is 71.6 Å². The molecular formula is C13H25O2. The summed E-state index contributed by atoms with van der Waals surface area (Å²) in [5.74, 6) is -0.0783. The minimum Gasteiger partial charge on any atom is -0.458 e. The third kappa shape index (κ3) is 11.4. The molecule has 0 aromatic rings. The lowest BCUT2D eigenvalue weighted by Crippen LogP contribution is -2.01. The van der Waals surface area contributed by atoms with Gasteiger partial charge in [0.2, 0.25) is 0 Å². The van der Waals surface area contributed by atoms with Gasteiger partial charge in [-0.15, -0.1) is 0 Å². The van der Waals surface area contributed by atoms with Crippen LogP contribution in [0.1, 0.15) is 71.6 Å². The van der Waals surface area contributed by atoms with Crippen LogP contribution in [0.4, 0.5) is 0 Å². The van der Waals surface area contributed by atoms with Gasteiger partial charge in [-0.1, -0.05) is 52.4 Å². The molecule has 0 spiro atoms. The quantitative estimate of drug-likeness (QED) is 0.401. The summed E-state index contributed by atoms with van der Waals surface area (Å²) in [7, 11) is 0. The Labute approximate surface area is 94.4 Å². The van der Waals surface area contributed by atoms with Gasteiger partial charge in [-0.2, -0.15) is 0 Å². The first-order valence-corrected chi connectivity index (χ1v) is 6.32. The molecule has 0 saturated carbocycles. The Bertz CT molecular complexity index is 143. The zero-order chi connectivity index (χ0) is 11.4. The first kappa shape index (κ1) is 14.5. The number of unbranched alkanes of at least 4 members (excludes halogenated alkanes) is 6. The summed E-state index contributed by atoms with van der Waals surface area (Å²) in [4.78, 5) is 11.1. The van der Waals surface area contributed by atoms with Crippen LogP contribution in [-0.4, -0.2) is 5.97 Å². The molecule has 0 saturated heterocycles. The molecule has 0 N–H and O–H groups in total. The van der Waals surface area contributed by atoms with E-state index in [1.165, 1.54) is 32.1 Å². The average molecular weight is 213 g/mol. The van der Waals surface area contributed by atoms with Gasteiger partial charge in [0.15, 0.2) is 0 Å². The monoisotopic (exact) mass is 213 g/mol. The smallest absolute Gasteiger partial charge is 0.306 e. The van der Waals surface area contributed by atoms with Crippen LogP contribution in [0, 0.1) is 6.61 Å². The molecule has 2 nitrogen and oxygen atoms in total. The van der Waals surface area contributed by atoms with Crippen molar-refractivity contribution in [2.24, 2.45) is 0 Å². The molecule has 0 unspecified atom stereocenters. The van der Waals surface area contributed by atoms with Gasteiger partial charge in [-0.3, -0.25) is 4.79 Å². The number of esters is 1. The lowest BCUT2D eigenvalue weighted by Gasteiger charge is -2.02. The maximum Gasteiger partial charge on any atom is 0.306 e. The first-order chi connectivity index (χ1) is 7.31. The SMILES string of the molecule is CC[CH]OC(=O)CCCCCCCCC. The van der Waals surface area contributed by atoms with Crippen molar-refractivity contribution in [2.75, 3.05) is 0 Å². The predicted octanol–water partition coefficient (Wildman–Crippen LogP) is 4.24. The lowest BCUT2D eigenvalue weighted by atomic mass is 10.1. The summed E-state index contributed by atoms with van der Waals surface area (Å²) >= 11 is 0. The molecule has 0 heterocycles. The molecule has 0 atom stereocenters. The highest BCUT2D eigenvalue weighted by molar-refractivity contribution is 5.69. The fourth-order valence-corrected chi connectivity index (χ4v) is 1.46. The van der Waals surface area contributed by atoms with Gasteiger partial charge in [0.05, 0.1) is 0 Å². The highest BCUT2D eigenvalue weighted by Gasteiger charge is 2.01. The van der Waals surface area contributed by atoms with Crippen LogP contribution in [0.25, 0.3) is 0 Å². The van der Waals surface area contributed by atoms with Crippen LogP contribution in [0.15, 0.2) is 0 Å². The van der Waals surface area contributed by atoms with E-state index in [4.69, 9.17) is 4.74 Å². The van der Waals surface area contributed by atoms with E-state index in [-0.39, 0.29) is 5.97 Å². The number of hydrogen-bond donors (Lipinski definition) is 0. The second-order valence-electron chi connectivity index (χ2n) is 3.94. The third-order valence-electron chi connectivity index (χ3n) is 2.37. The van der Waals surface area contributed by atoms with Crippen LogP contribution in [0.3, 0.4) is 0 Å². The number of carbonyl (C=O) groups excluding carboxylic acids is 1. The molecule has 1 radical (unpaired) electrons. The molecule has 0 aliphatic carbocycles. The average Bonchev–Trinajstić information content (AvgIpc) is 2.25. The second kappa shape index (κ2) is 11.5. The zero-order valence-electron chi connectivity index (χ0n) is 10.3. The van der Waals surface area contributed by atoms with Crippen LogP contribution in [0.5, 0.6) is 0 Å². The molecule has 2 heteroatoms. The molecule has 0 aromatic heterocycles. The zero-order valence-corrected chi connectivity index (χ0v) is 10.3. The highest BCUT2D eigenvalue weighted by Crippen LogP contribution is 2.09. The van der Waals surface area contributed by atoms with Gasteiger partial charge in [-0.25, -0.2) is 0 Å². The molecule has 0 aliphatic heterocycles.